The maximum atomic E-state index is 4.57. The number of halogens is 1. The van der Waals surface area contributed by atoms with E-state index in [0.29, 0.717) is 0 Å². The number of hydrogen-bond acceptors (Lipinski definition) is 0. The Bertz CT molecular complexity index is 989. The molecule has 0 fully saturated rings. The molecule has 0 amide bonds. The Morgan fingerprint density at radius 3 is 0.944 bits per heavy atom. The minimum Gasteiger partial charge on any atom is -0.214 e. The van der Waals surface area contributed by atoms with Gasteiger partial charge in [0, 0.05) is 0 Å². The summed E-state index contributed by atoms with van der Waals surface area (Å²) >= 11 is 1.82. The zero-order valence-corrected chi connectivity index (χ0v) is 24.5. The van der Waals surface area contributed by atoms with Crippen LogP contribution in [0, 0.1) is 0 Å². The van der Waals surface area contributed by atoms with Gasteiger partial charge in [-0.25, -0.2) is 12.1 Å². The minimum atomic E-state index is -0.309. The average molecular weight is 614 g/mol. The van der Waals surface area contributed by atoms with Crippen molar-refractivity contribution in [3.63, 3.8) is 0 Å². The van der Waals surface area contributed by atoms with Gasteiger partial charge in [0.25, 0.3) is 0 Å². The molecule has 0 radical (unpaired) electrons. The molecule has 0 nitrogen and oxygen atoms in total. The van der Waals surface area contributed by atoms with E-state index in [-0.39, 0.29) is 15.8 Å². The van der Waals surface area contributed by atoms with Gasteiger partial charge in [0.15, 0.2) is 0 Å². The first kappa shape index (κ1) is 28.6. The van der Waals surface area contributed by atoms with E-state index in [9.17, 15) is 0 Å². The molecule has 5 rings (SSSR count). The Hall–Kier alpha value is -2.00. The van der Waals surface area contributed by atoms with Gasteiger partial charge in [-0.15, -0.1) is 0 Å². The Labute approximate surface area is 233 Å². The molecular formula is C32H31ClP2Ru. The fourth-order valence-corrected chi connectivity index (χ4v) is 8.91. The van der Waals surface area contributed by atoms with Crippen molar-refractivity contribution >= 4 is 46.8 Å². The molecule has 184 valence electrons. The van der Waals surface area contributed by atoms with Crippen molar-refractivity contribution < 1.29 is 17.3 Å². The van der Waals surface area contributed by atoms with Gasteiger partial charge in [0.1, 0.15) is 0 Å². The van der Waals surface area contributed by atoms with E-state index in [2.05, 4.69) is 131 Å². The number of hydrogen-bond donors (Lipinski definition) is 0. The second-order valence-electron chi connectivity index (χ2n) is 7.96. The Morgan fingerprint density at radius 1 is 0.444 bits per heavy atom. The standard InChI is InChI=1S/C27H26P2.C5H5.ClH.Ru/c1-5-14-24(15-6-1)28(25-16-7-2-8-17-25)22-13-23-29(26-18-9-3-10-19-26)27-20-11-4-12-21-27;1-2-4-5-3-1;;/h1-12,14-21H,13,22-23H2;1-5H;1H;/q;-1;;+2/p-1. The third-order valence-electron chi connectivity index (χ3n) is 5.59. The van der Waals surface area contributed by atoms with Crippen molar-refractivity contribution in [2.45, 2.75) is 6.42 Å². The summed E-state index contributed by atoms with van der Waals surface area (Å²) in [6, 6.07) is 54.3. The van der Waals surface area contributed by atoms with Crippen LogP contribution in [0.1, 0.15) is 6.42 Å². The predicted molar refractivity (Wildman–Crippen MR) is 160 cm³/mol. The zero-order valence-electron chi connectivity index (χ0n) is 20.2. The summed E-state index contributed by atoms with van der Waals surface area (Å²) < 4.78 is 0. The van der Waals surface area contributed by atoms with E-state index >= 15 is 0 Å². The fourth-order valence-electron chi connectivity index (χ4n) is 3.95. The molecule has 4 heteroatoms. The monoisotopic (exact) mass is 614 g/mol. The molecule has 5 aromatic rings. The van der Waals surface area contributed by atoms with Crippen molar-refractivity contribution in [2.75, 3.05) is 12.3 Å². The van der Waals surface area contributed by atoms with Crippen LogP contribution in [-0.4, -0.2) is 12.3 Å². The largest absolute Gasteiger partial charge is 0.214 e. The molecule has 0 aliphatic carbocycles. The Balaban J connectivity index is 0.000000452. The van der Waals surface area contributed by atoms with Crippen LogP contribution in [-0.2, 0) is 17.3 Å². The van der Waals surface area contributed by atoms with Crippen molar-refractivity contribution in [3.05, 3.63) is 152 Å². The van der Waals surface area contributed by atoms with Crippen LogP contribution in [0.15, 0.2) is 152 Å². The summed E-state index contributed by atoms with van der Waals surface area (Å²) in [6.45, 7) is 0. The van der Waals surface area contributed by atoms with Crippen LogP contribution in [0.25, 0.3) is 0 Å². The average Bonchev–Trinajstić information content (AvgIpc) is 3.57. The van der Waals surface area contributed by atoms with Gasteiger partial charge in [0.2, 0.25) is 0 Å². The third kappa shape index (κ3) is 9.47. The van der Waals surface area contributed by atoms with Crippen LogP contribution in [0.4, 0.5) is 0 Å². The normalized spacial score (nSPS) is 10.2. The summed E-state index contributed by atoms with van der Waals surface area (Å²) in [6.07, 6.45) is 3.72. The SMILES string of the molecule is [Cl][Ru+].c1cc[cH-]c1.c1ccc(P(CCCP(c2ccccc2)c2ccccc2)c2ccccc2)cc1. The molecule has 0 bridgehead atoms. The van der Waals surface area contributed by atoms with Crippen LogP contribution in [0.5, 0.6) is 0 Å². The summed E-state index contributed by atoms with van der Waals surface area (Å²) in [7, 11) is 3.95. The Morgan fingerprint density at radius 2 is 0.722 bits per heavy atom. The smallest absolute Gasteiger partial charge is 0.0195 e. The first-order valence-corrected chi connectivity index (χ1v) is 17.3. The molecule has 0 aliphatic heterocycles. The van der Waals surface area contributed by atoms with E-state index < -0.39 is 0 Å². The van der Waals surface area contributed by atoms with Crippen LogP contribution < -0.4 is 21.2 Å². The quantitative estimate of drug-likeness (QED) is 0.0954. The van der Waals surface area contributed by atoms with Gasteiger partial charge in [-0.2, -0.15) is 18.2 Å². The molecule has 0 aliphatic rings. The summed E-state index contributed by atoms with van der Waals surface area (Å²) in [5.74, 6) is 0. The molecule has 5 aromatic carbocycles. The topological polar surface area (TPSA) is 0 Å². The molecule has 0 atom stereocenters. The maximum Gasteiger partial charge on any atom is -0.0195 e. The zero-order chi connectivity index (χ0) is 25.3. The molecule has 0 unspecified atom stereocenters. The van der Waals surface area contributed by atoms with Crippen LogP contribution in [0.2, 0.25) is 0 Å². The molecular weight excluding hydrogens is 583 g/mol. The van der Waals surface area contributed by atoms with Crippen molar-refractivity contribution in [3.8, 4) is 0 Å². The fraction of sp³-hybridized carbons (Fsp3) is 0.0938. The van der Waals surface area contributed by atoms with Gasteiger partial charge >= 0.3 is 27.0 Å². The first-order valence-electron chi connectivity index (χ1n) is 12.0. The summed E-state index contributed by atoms with van der Waals surface area (Å²) in [5.41, 5.74) is 0. The predicted octanol–water partition coefficient (Wildman–Crippen LogP) is 7.73. The summed E-state index contributed by atoms with van der Waals surface area (Å²) in [5, 5.41) is 5.94. The molecule has 0 spiro atoms. The van der Waals surface area contributed by atoms with Gasteiger partial charge < -0.3 is 0 Å². The number of benzene rings is 4. The molecule has 0 N–H and O–H groups in total. The van der Waals surface area contributed by atoms with E-state index in [1.165, 1.54) is 40.0 Å². The van der Waals surface area contributed by atoms with E-state index in [1.807, 2.05) is 47.6 Å². The van der Waals surface area contributed by atoms with Crippen molar-refractivity contribution in [1.82, 2.24) is 0 Å². The van der Waals surface area contributed by atoms with E-state index in [4.69, 9.17) is 0 Å². The maximum absolute atomic E-state index is 4.57. The molecule has 0 saturated carbocycles. The number of rotatable bonds is 8. The minimum absolute atomic E-state index is 0.309. The summed E-state index contributed by atoms with van der Waals surface area (Å²) in [4.78, 5) is 0. The van der Waals surface area contributed by atoms with Crippen molar-refractivity contribution in [2.24, 2.45) is 0 Å². The van der Waals surface area contributed by atoms with E-state index in [0.717, 1.165) is 0 Å². The second kappa shape index (κ2) is 17.5. The second-order valence-corrected chi connectivity index (χ2v) is 12.6. The van der Waals surface area contributed by atoms with Gasteiger partial charge in [-0.1, -0.05) is 121 Å². The molecule has 0 aromatic heterocycles. The first-order chi connectivity index (χ1) is 17.9. The molecule has 36 heavy (non-hydrogen) atoms. The van der Waals surface area contributed by atoms with E-state index in [1.54, 1.807) is 0 Å². The molecule has 0 heterocycles. The van der Waals surface area contributed by atoms with Gasteiger partial charge in [0.05, 0.1) is 0 Å². The van der Waals surface area contributed by atoms with Gasteiger partial charge in [-0.05, 0) is 55.8 Å². The Kier molecular flexibility index (Phi) is 13.9. The van der Waals surface area contributed by atoms with Crippen LogP contribution >= 0.6 is 25.5 Å². The third-order valence-corrected chi connectivity index (χ3v) is 10.8. The van der Waals surface area contributed by atoms with Crippen LogP contribution in [0.3, 0.4) is 0 Å². The van der Waals surface area contributed by atoms with Gasteiger partial charge in [-0.3, -0.25) is 0 Å². The molecule has 0 saturated heterocycles. The van der Waals surface area contributed by atoms with Crippen molar-refractivity contribution in [1.29, 1.82) is 0 Å².